The van der Waals surface area contributed by atoms with E-state index in [1.165, 1.54) is 0 Å². The van der Waals surface area contributed by atoms with Gasteiger partial charge in [0.05, 0.1) is 14.2 Å². The van der Waals surface area contributed by atoms with Crippen molar-refractivity contribution in [2.45, 2.75) is 19.8 Å². The molecule has 30 heavy (non-hydrogen) atoms. The van der Waals surface area contributed by atoms with Crippen LogP contribution in [-0.4, -0.2) is 62.1 Å². The minimum atomic E-state index is -0.131. The van der Waals surface area contributed by atoms with Gasteiger partial charge >= 0.3 is 6.03 Å². The van der Waals surface area contributed by atoms with E-state index in [0.717, 1.165) is 16.8 Å². The number of aryl methyl sites for hydroxylation is 2. The number of rotatable bonds is 6. The summed E-state index contributed by atoms with van der Waals surface area (Å²) >= 11 is 0. The van der Waals surface area contributed by atoms with E-state index in [0.29, 0.717) is 50.5 Å². The predicted octanol–water partition coefficient (Wildman–Crippen LogP) is 3.32. The van der Waals surface area contributed by atoms with E-state index in [-0.39, 0.29) is 11.9 Å². The van der Waals surface area contributed by atoms with E-state index in [1.807, 2.05) is 54.3 Å². The summed E-state index contributed by atoms with van der Waals surface area (Å²) in [6.07, 6.45) is 0.965. The number of carbonyl (C=O) groups is 2. The zero-order chi connectivity index (χ0) is 21.5. The Bertz CT molecular complexity index is 892. The van der Waals surface area contributed by atoms with Crippen molar-refractivity contribution >= 4 is 17.6 Å². The van der Waals surface area contributed by atoms with Gasteiger partial charge in [-0.05, 0) is 42.7 Å². The summed E-state index contributed by atoms with van der Waals surface area (Å²) in [4.78, 5) is 28.7. The number of amides is 3. The average molecular weight is 412 g/mol. The van der Waals surface area contributed by atoms with E-state index in [2.05, 4.69) is 5.32 Å². The van der Waals surface area contributed by atoms with Crippen molar-refractivity contribution in [3.63, 3.8) is 0 Å². The third-order valence-electron chi connectivity index (χ3n) is 5.28. The Hall–Kier alpha value is -3.22. The molecule has 0 aliphatic carbocycles. The number of carbonyl (C=O) groups excluding carboxylic acids is 2. The van der Waals surface area contributed by atoms with Crippen molar-refractivity contribution in [3.05, 3.63) is 53.6 Å². The minimum Gasteiger partial charge on any atom is -0.493 e. The molecule has 0 unspecified atom stereocenters. The molecule has 7 heteroatoms. The Morgan fingerprint density at radius 3 is 2.33 bits per heavy atom. The first-order valence-corrected chi connectivity index (χ1v) is 10.1. The second-order valence-electron chi connectivity index (χ2n) is 7.32. The van der Waals surface area contributed by atoms with Crippen LogP contribution in [0.5, 0.6) is 11.5 Å². The largest absolute Gasteiger partial charge is 0.493 e. The lowest BCUT2D eigenvalue weighted by Crippen LogP contribution is -2.51. The van der Waals surface area contributed by atoms with Crippen LogP contribution in [0.3, 0.4) is 0 Å². The lowest BCUT2D eigenvalue weighted by atomic mass is 10.1. The average Bonchev–Trinajstić information content (AvgIpc) is 2.77. The van der Waals surface area contributed by atoms with E-state index < -0.39 is 0 Å². The Labute approximate surface area is 177 Å². The zero-order valence-electron chi connectivity index (χ0n) is 17.8. The zero-order valence-corrected chi connectivity index (χ0v) is 17.8. The molecule has 1 fully saturated rings. The molecule has 0 radical (unpaired) electrons. The smallest absolute Gasteiger partial charge is 0.321 e. The molecular weight excluding hydrogens is 382 g/mol. The maximum atomic E-state index is 12.7. The van der Waals surface area contributed by atoms with Crippen LogP contribution in [0.1, 0.15) is 17.5 Å². The maximum Gasteiger partial charge on any atom is 0.321 e. The molecule has 2 aromatic rings. The van der Waals surface area contributed by atoms with E-state index in [4.69, 9.17) is 9.47 Å². The van der Waals surface area contributed by atoms with Crippen LogP contribution in [0, 0.1) is 6.92 Å². The van der Waals surface area contributed by atoms with Gasteiger partial charge in [-0.25, -0.2) is 4.79 Å². The number of ether oxygens (including phenoxy) is 2. The fourth-order valence-corrected chi connectivity index (χ4v) is 3.63. The summed E-state index contributed by atoms with van der Waals surface area (Å²) in [6, 6.07) is 13.3. The van der Waals surface area contributed by atoms with Crippen molar-refractivity contribution in [2.75, 3.05) is 45.7 Å². The highest BCUT2D eigenvalue weighted by Crippen LogP contribution is 2.31. The van der Waals surface area contributed by atoms with Gasteiger partial charge in [0.25, 0.3) is 0 Å². The molecule has 0 saturated carbocycles. The fourth-order valence-electron chi connectivity index (χ4n) is 3.63. The molecule has 3 amide bonds. The van der Waals surface area contributed by atoms with Crippen molar-refractivity contribution in [1.82, 2.24) is 9.80 Å². The Kier molecular flexibility index (Phi) is 7.17. The van der Waals surface area contributed by atoms with Crippen LogP contribution in [0.4, 0.5) is 10.5 Å². The van der Waals surface area contributed by atoms with Crippen molar-refractivity contribution in [3.8, 4) is 11.5 Å². The molecule has 0 atom stereocenters. The van der Waals surface area contributed by atoms with Gasteiger partial charge in [-0.3, -0.25) is 4.79 Å². The number of hydrogen-bond donors (Lipinski definition) is 1. The van der Waals surface area contributed by atoms with Crippen LogP contribution in [0.25, 0.3) is 0 Å². The first-order valence-electron chi connectivity index (χ1n) is 10.1. The summed E-state index contributed by atoms with van der Waals surface area (Å²) in [5.41, 5.74) is 2.82. The number of urea groups is 1. The molecule has 0 spiro atoms. The van der Waals surface area contributed by atoms with Crippen LogP contribution in [-0.2, 0) is 11.2 Å². The molecule has 0 bridgehead atoms. The summed E-state index contributed by atoms with van der Waals surface area (Å²) in [7, 11) is 3.20. The summed E-state index contributed by atoms with van der Waals surface area (Å²) in [5, 5.41) is 2.92. The first kappa shape index (κ1) is 21.5. The summed E-state index contributed by atoms with van der Waals surface area (Å²) in [5.74, 6) is 1.42. The number of anilines is 1. The molecule has 1 saturated heterocycles. The minimum absolute atomic E-state index is 0.0821. The van der Waals surface area contributed by atoms with Crippen LogP contribution in [0.2, 0.25) is 0 Å². The molecule has 0 aromatic heterocycles. The number of hydrogen-bond acceptors (Lipinski definition) is 4. The maximum absolute atomic E-state index is 12.7. The molecule has 1 N–H and O–H groups in total. The van der Waals surface area contributed by atoms with Crippen molar-refractivity contribution in [1.29, 1.82) is 0 Å². The third-order valence-corrected chi connectivity index (χ3v) is 5.28. The monoisotopic (exact) mass is 411 g/mol. The van der Waals surface area contributed by atoms with Crippen molar-refractivity contribution < 1.29 is 19.1 Å². The van der Waals surface area contributed by atoms with Gasteiger partial charge in [0, 0.05) is 38.3 Å². The lowest BCUT2D eigenvalue weighted by molar-refractivity contribution is -0.132. The quantitative estimate of drug-likeness (QED) is 0.792. The van der Waals surface area contributed by atoms with E-state index >= 15 is 0 Å². The highest BCUT2D eigenvalue weighted by atomic mass is 16.5. The van der Waals surface area contributed by atoms with Gasteiger partial charge < -0.3 is 24.6 Å². The number of benzene rings is 2. The molecule has 1 aliphatic heterocycles. The molecular formula is C23H29N3O4. The molecule has 1 heterocycles. The molecule has 2 aromatic carbocycles. The second-order valence-corrected chi connectivity index (χ2v) is 7.32. The van der Waals surface area contributed by atoms with Gasteiger partial charge in [0.2, 0.25) is 5.91 Å². The Morgan fingerprint density at radius 1 is 0.967 bits per heavy atom. The lowest BCUT2D eigenvalue weighted by Gasteiger charge is -2.34. The molecule has 7 nitrogen and oxygen atoms in total. The fraction of sp³-hybridized carbons (Fsp3) is 0.391. The summed E-state index contributed by atoms with van der Waals surface area (Å²) in [6.45, 7) is 4.10. The molecule has 1 aliphatic rings. The predicted molar refractivity (Wildman–Crippen MR) is 116 cm³/mol. The van der Waals surface area contributed by atoms with Crippen molar-refractivity contribution in [2.24, 2.45) is 0 Å². The van der Waals surface area contributed by atoms with Gasteiger partial charge in [0.1, 0.15) is 0 Å². The topological polar surface area (TPSA) is 71.1 Å². The van der Waals surface area contributed by atoms with E-state index in [1.54, 1.807) is 19.1 Å². The second kappa shape index (κ2) is 10.0. The molecule has 160 valence electrons. The SMILES string of the molecule is COc1cccc(CCC(=O)N2CCN(C(=O)Nc3cccc(C)c3)CC2)c1OC. The first-order chi connectivity index (χ1) is 14.5. The van der Waals surface area contributed by atoms with E-state index in [9.17, 15) is 9.59 Å². The van der Waals surface area contributed by atoms with Crippen LogP contribution >= 0.6 is 0 Å². The number of nitrogens with one attached hydrogen (secondary N) is 1. The van der Waals surface area contributed by atoms with Gasteiger partial charge in [-0.2, -0.15) is 0 Å². The van der Waals surface area contributed by atoms with Gasteiger partial charge in [-0.1, -0.05) is 24.3 Å². The van der Waals surface area contributed by atoms with Gasteiger partial charge in [-0.15, -0.1) is 0 Å². The van der Waals surface area contributed by atoms with Crippen LogP contribution < -0.4 is 14.8 Å². The number of nitrogens with zero attached hydrogens (tertiary/aromatic N) is 2. The standard InChI is InChI=1S/C23H29N3O4/c1-17-6-4-8-19(16-17)24-23(28)26-14-12-25(13-15-26)21(27)11-10-18-7-5-9-20(29-2)22(18)30-3/h4-9,16H,10-15H2,1-3H3,(H,24,28). The highest BCUT2D eigenvalue weighted by Gasteiger charge is 2.24. The summed E-state index contributed by atoms with van der Waals surface area (Å²) < 4.78 is 10.8. The highest BCUT2D eigenvalue weighted by molar-refractivity contribution is 5.89. The Balaban J connectivity index is 1.49. The number of para-hydroxylation sites is 1. The number of methoxy groups -OCH3 is 2. The van der Waals surface area contributed by atoms with Gasteiger partial charge in [0.15, 0.2) is 11.5 Å². The normalized spacial score (nSPS) is 13.7. The number of piperazine rings is 1. The Morgan fingerprint density at radius 2 is 1.67 bits per heavy atom. The molecule has 3 rings (SSSR count). The third kappa shape index (κ3) is 5.23. The van der Waals surface area contributed by atoms with Crippen LogP contribution in [0.15, 0.2) is 42.5 Å².